The topological polar surface area (TPSA) is 105 Å². The summed E-state index contributed by atoms with van der Waals surface area (Å²) in [6.07, 6.45) is 10.2. The predicted octanol–water partition coefficient (Wildman–Crippen LogP) is 10.3. The average molecular weight is 687 g/mol. The fraction of sp³-hybridized carbons (Fsp3) is 0.425. The van der Waals surface area contributed by atoms with Crippen molar-refractivity contribution in [2.24, 2.45) is 10.7 Å². The minimum absolute atomic E-state index is 0.442. The number of ether oxygens (including phenoxy) is 1. The molecular formula is C40H54N4O2S2. The average Bonchev–Trinajstić information content (AvgIpc) is 3.71. The third-order valence-electron chi connectivity index (χ3n) is 8.07. The largest absolute Gasteiger partial charge is 0.400 e. The SMILES string of the molecule is CC=N/C(C)=C(C(=C\CCC)/c1ccc(C#N)cc1)\C(N)=C(/C)CC.CO.Cc1nsc(-c2ccccc2)c1CSCC1CCC(C)O1. The Kier molecular flexibility index (Phi) is 18.8. The number of aliphatic hydroxyl groups excluding tert-OH is 1. The molecule has 8 heteroatoms. The van der Waals surface area contributed by atoms with Gasteiger partial charge in [0.25, 0.3) is 0 Å². The number of aryl methyl sites for hydroxylation is 1. The summed E-state index contributed by atoms with van der Waals surface area (Å²) < 4.78 is 10.4. The molecule has 0 bridgehead atoms. The van der Waals surface area contributed by atoms with Gasteiger partial charge in [-0.15, -0.1) is 0 Å². The molecule has 3 aromatic rings. The van der Waals surface area contributed by atoms with Gasteiger partial charge in [0.05, 0.1) is 34.4 Å². The van der Waals surface area contributed by atoms with Gasteiger partial charge in [0.1, 0.15) is 0 Å². The molecule has 4 rings (SSSR count). The standard InChI is InChI=1S/C22H29N3.C17H21NOS2.CH4O/c1-6-9-10-20(19-13-11-18(15-23)12-14-19)21(17(5)25-8-3)22(24)16(4)7-2;1-12-8-9-15(19-12)10-20-11-16-13(2)18-21-17(16)14-6-4-3-5-7-14;1-2/h8,10-14H,6-7,9,24H2,1-5H3;3-7,12,15H,8-11H2,1-2H3;2H,1H3/b20-10-,21-17-,22-16-,25-8?;;. The van der Waals surface area contributed by atoms with Gasteiger partial charge in [-0.25, -0.2) is 0 Å². The van der Waals surface area contributed by atoms with E-state index in [1.165, 1.54) is 34.5 Å². The van der Waals surface area contributed by atoms with Crippen LogP contribution in [0.2, 0.25) is 0 Å². The molecule has 1 aromatic heterocycles. The van der Waals surface area contributed by atoms with Crippen LogP contribution in [-0.2, 0) is 10.5 Å². The predicted molar refractivity (Wildman–Crippen MR) is 208 cm³/mol. The number of unbranched alkanes of at least 4 members (excludes halogenated alkanes) is 1. The molecule has 0 saturated carbocycles. The normalized spacial score (nSPS) is 17.0. The first kappa shape index (κ1) is 40.7. The van der Waals surface area contributed by atoms with E-state index in [1.54, 1.807) is 17.7 Å². The molecular weight excluding hydrogens is 633 g/mol. The lowest BCUT2D eigenvalue weighted by Crippen LogP contribution is -2.11. The summed E-state index contributed by atoms with van der Waals surface area (Å²) >= 11 is 3.59. The summed E-state index contributed by atoms with van der Waals surface area (Å²) in [7, 11) is 1.00. The number of nitriles is 1. The first-order valence-electron chi connectivity index (χ1n) is 16.8. The van der Waals surface area contributed by atoms with Crippen LogP contribution >= 0.6 is 23.3 Å². The molecule has 0 aliphatic carbocycles. The molecule has 2 heterocycles. The third kappa shape index (κ3) is 12.2. The number of rotatable bonds is 12. The van der Waals surface area contributed by atoms with Crippen molar-refractivity contribution in [1.82, 2.24) is 4.37 Å². The van der Waals surface area contributed by atoms with Gasteiger partial charge < -0.3 is 15.6 Å². The molecule has 0 amide bonds. The second-order valence-corrected chi connectivity index (χ2v) is 13.4. The Balaban J connectivity index is 0.000000320. The molecule has 6 nitrogen and oxygen atoms in total. The lowest BCUT2D eigenvalue weighted by Gasteiger charge is -2.18. The molecule has 2 unspecified atom stereocenters. The van der Waals surface area contributed by atoms with Gasteiger partial charge in [-0.05, 0) is 106 Å². The Morgan fingerprint density at radius 3 is 2.38 bits per heavy atom. The number of thioether (sulfide) groups is 1. The number of aliphatic hydroxyl groups is 1. The van der Waals surface area contributed by atoms with Gasteiger partial charge in [-0.2, -0.15) is 21.4 Å². The van der Waals surface area contributed by atoms with Crippen LogP contribution in [0.5, 0.6) is 0 Å². The lowest BCUT2D eigenvalue weighted by molar-refractivity contribution is 0.0700. The van der Waals surface area contributed by atoms with E-state index in [1.807, 2.05) is 49.9 Å². The zero-order valence-corrected chi connectivity index (χ0v) is 31.7. The van der Waals surface area contributed by atoms with E-state index in [0.717, 1.165) is 71.6 Å². The van der Waals surface area contributed by atoms with Crippen LogP contribution in [0, 0.1) is 18.3 Å². The highest BCUT2D eigenvalue weighted by Gasteiger charge is 2.22. The number of allylic oxidation sites excluding steroid dienone is 4. The Hall–Kier alpha value is -3.48. The van der Waals surface area contributed by atoms with Crippen molar-refractivity contribution in [2.75, 3.05) is 12.9 Å². The van der Waals surface area contributed by atoms with E-state index >= 15 is 0 Å². The molecule has 1 aliphatic heterocycles. The first-order valence-corrected chi connectivity index (χ1v) is 18.7. The maximum absolute atomic E-state index is 9.05. The number of aliphatic imine (C=N–C) groups is 1. The van der Waals surface area contributed by atoms with Crippen LogP contribution in [-0.4, -0.2) is 40.8 Å². The molecule has 3 N–H and O–H groups in total. The van der Waals surface area contributed by atoms with Gasteiger partial charge in [0.2, 0.25) is 0 Å². The zero-order chi connectivity index (χ0) is 35.5. The third-order valence-corrected chi connectivity index (χ3v) is 10.2. The van der Waals surface area contributed by atoms with Crippen molar-refractivity contribution in [3.63, 3.8) is 0 Å². The monoisotopic (exact) mass is 686 g/mol. The van der Waals surface area contributed by atoms with Crippen molar-refractivity contribution in [1.29, 1.82) is 5.26 Å². The Morgan fingerprint density at radius 1 is 1.12 bits per heavy atom. The first-order chi connectivity index (χ1) is 23.2. The summed E-state index contributed by atoms with van der Waals surface area (Å²) in [5, 5.41) is 16.0. The van der Waals surface area contributed by atoms with Crippen LogP contribution in [0.1, 0.15) is 96.0 Å². The van der Waals surface area contributed by atoms with Crippen molar-refractivity contribution >= 4 is 35.1 Å². The van der Waals surface area contributed by atoms with Gasteiger partial charge in [-0.3, -0.25) is 4.99 Å². The van der Waals surface area contributed by atoms with Crippen molar-refractivity contribution in [2.45, 2.75) is 98.5 Å². The number of hydrogen-bond donors (Lipinski definition) is 2. The van der Waals surface area contributed by atoms with Gasteiger partial charge in [0, 0.05) is 47.4 Å². The lowest BCUT2D eigenvalue weighted by atomic mass is 9.90. The van der Waals surface area contributed by atoms with E-state index in [-0.39, 0.29) is 0 Å². The molecule has 0 spiro atoms. The highest BCUT2D eigenvalue weighted by atomic mass is 32.2. The van der Waals surface area contributed by atoms with E-state index in [9.17, 15) is 0 Å². The fourth-order valence-electron chi connectivity index (χ4n) is 5.25. The van der Waals surface area contributed by atoms with E-state index < -0.39 is 0 Å². The molecule has 2 aromatic carbocycles. The summed E-state index contributed by atoms with van der Waals surface area (Å²) in [6.45, 7) is 14.5. The molecule has 48 heavy (non-hydrogen) atoms. The van der Waals surface area contributed by atoms with Crippen LogP contribution in [0.15, 0.2) is 88.2 Å². The number of benzene rings is 2. The van der Waals surface area contributed by atoms with Gasteiger partial charge in [-0.1, -0.05) is 68.8 Å². The fourth-order valence-corrected chi connectivity index (χ4v) is 7.43. The smallest absolute Gasteiger partial charge is 0.0991 e. The number of aromatic nitrogens is 1. The quantitative estimate of drug-likeness (QED) is 0.145. The number of nitrogens with two attached hydrogens (primary N) is 1. The molecule has 2 atom stereocenters. The van der Waals surface area contributed by atoms with Crippen molar-refractivity contribution < 1.29 is 9.84 Å². The summed E-state index contributed by atoms with van der Waals surface area (Å²) in [5.41, 5.74) is 17.0. The van der Waals surface area contributed by atoms with Crippen molar-refractivity contribution in [3.05, 3.63) is 106 Å². The maximum Gasteiger partial charge on any atom is 0.0991 e. The second kappa shape index (κ2) is 22.2. The van der Waals surface area contributed by atoms with E-state index in [2.05, 4.69) is 86.5 Å². The highest BCUT2D eigenvalue weighted by molar-refractivity contribution is 7.98. The molecule has 1 aliphatic rings. The van der Waals surface area contributed by atoms with Gasteiger partial charge >= 0.3 is 0 Å². The van der Waals surface area contributed by atoms with E-state index in [0.29, 0.717) is 17.8 Å². The summed E-state index contributed by atoms with van der Waals surface area (Å²) in [5.74, 6) is 2.12. The van der Waals surface area contributed by atoms with Crippen LogP contribution in [0.4, 0.5) is 0 Å². The number of nitrogens with zero attached hydrogens (tertiary/aromatic N) is 3. The second-order valence-electron chi connectivity index (χ2n) is 11.6. The highest BCUT2D eigenvalue weighted by Crippen LogP contribution is 2.34. The number of hydrogen-bond acceptors (Lipinski definition) is 8. The molecule has 258 valence electrons. The van der Waals surface area contributed by atoms with E-state index in [4.69, 9.17) is 20.8 Å². The molecule has 0 radical (unpaired) electrons. The zero-order valence-electron chi connectivity index (χ0n) is 30.0. The summed E-state index contributed by atoms with van der Waals surface area (Å²) in [6, 6.07) is 20.4. The van der Waals surface area contributed by atoms with Gasteiger partial charge in [0.15, 0.2) is 0 Å². The van der Waals surface area contributed by atoms with Crippen LogP contribution in [0.25, 0.3) is 16.0 Å². The van der Waals surface area contributed by atoms with Crippen LogP contribution < -0.4 is 5.73 Å². The van der Waals surface area contributed by atoms with Crippen LogP contribution in [0.3, 0.4) is 0 Å². The molecule has 1 saturated heterocycles. The minimum Gasteiger partial charge on any atom is -0.400 e. The Morgan fingerprint density at radius 2 is 1.81 bits per heavy atom. The van der Waals surface area contributed by atoms with Crippen molar-refractivity contribution in [3.8, 4) is 16.5 Å². The Labute approximate surface area is 297 Å². The molecule has 1 fully saturated rings. The summed E-state index contributed by atoms with van der Waals surface area (Å²) in [4.78, 5) is 5.82. The maximum atomic E-state index is 9.05. The Bertz CT molecular complexity index is 1560. The minimum atomic E-state index is 0.442.